The monoisotopic (exact) mass is 291 g/mol. The van der Waals surface area contributed by atoms with E-state index in [1.54, 1.807) is 0 Å². The summed E-state index contributed by atoms with van der Waals surface area (Å²) in [5.41, 5.74) is 0. The van der Waals surface area contributed by atoms with E-state index in [0.29, 0.717) is 11.2 Å². The molecular formula is C13H26BrNO. The molecule has 3 heteroatoms. The van der Waals surface area contributed by atoms with Gasteiger partial charge in [-0.05, 0) is 12.8 Å². The zero-order chi connectivity index (χ0) is 12.2. The summed E-state index contributed by atoms with van der Waals surface area (Å²) in [7, 11) is 0. The Bertz CT molecular complexity index is 173. The molecule has 0 aliphatic rings. The fraction of sp³-hybridized carbons (Fsp3) is 0.923. The molecule has 0 spiro atoms. The smallest absolute Gasteiger partial charge is 0.220 e. The van der Waals surface area contributed by atoms with Crippen LogP contribution in [0, 0.1) is 0 Å². The van der Waals surface area contributed by atoms with Gasteiger partial charge in [-0.1, -0.05) is 61.9 Å². The van der Waals surface area contributed by atoms with Gasteiger partial charge in [-0.2, -0.15) is 0 Å². The van der Waals surface area contributed by atoms with Crippen molar-refractivity contribution in [1.29, 1.82) is 0 Å². The van der Waals surface area contributed by atoms with Gasteiger partial charge in [-0.3, -0.25) is 4.79 Å². The average molecular weight is 292 g/mol. The van der Waals surface area contributed by atoms with Crippen molar-refractivity contribution in [2.45, 2.75) is 70.0 Å². The summed E-state index contributed by atoms with van der Waals surface area (Å²) in [5, 5.41) is 2.95. The number of carbonyl (C=O) groups is 1. The average Bonchev–Trinajstić information content (AvgIpc) is 2.30. The minimum atomic E-state index is 0.202. The molecule has 1 atom stereocenters. The number of rotatable bonds is 10. The van der Waals surface area contributed by atoms with Gasteiger partial charge in [0.25, 0.3) is 0 Å². The van der Waals surface area contributed by atoms with Crippen LogP contribution in [0.3, 0.4) is 0 Å². The van der Waals surface area contributed by atoms with E-state index in [9.17, 15) is 4.79 Å². The van der Waals surface area contributed by atoms with Crippen molar-refractivity contribution in [3.8, 4) is 0 Å². The molecule has 0 aliphatic carbocycles. The van der Waals surface area contributed by atoms with Crippen LogP contribution < -0.4 is 5.32 Å². The topological polar surface area (TPSA) is 29.1 Å². The molecule has 0 saturated carbocycles. The van der Waals surface area contributed by atoms with E-state index in [0.717, 1.165) is 19.4 Å². The number of carbonyl (C=O) groups excluding carboxylic acids is 1. The molecule has 0 saturated heterocycles. The molecule has 0 aliphatic heterocycles. The highest BCUT2D eigenvalue weighted by atomic mass is 79.9. The summed E-state index contributed by atoms with van der Waals surface area (Å²) >= 11 is 3.50. The third-order valence-electron chi connectivity index (χ3n) is 2.72. The maximum atomic E-state index is 11.4. The van der Waals surface area contributed by atoms with Crippen LogP contribution in [0.1, 0.15) is 65.2 Å². The number of nitrogens with one attached hydrogen (secondary N) is 1. The van der Waals surface area contributed by atoms with Crippen molar-refractivity contribution in [2.75, 3.05) is 6.54 Å². The Morgan fingerprint density at radius 2 is 1.75 bits per heavy atom. The van der Waals surface area contributed by atoms with Gasteiger partial charge in [-0.15, -0.1) is 0 Å². The molecule has 0 aromatic heterocycles. The summed E-state index contributed by atoms with van der Waals surface area (Å²) in [6.07, 6.45) is 9.17. The Hall–Kier alpha value is -0.0500. The minimum Gasteiger partial charge on any atom is -0.355 e. The molecule has 1 N–H and O–H groups in total. The van der Waals surface area contributed by atoms with Crippen LogP contribution in [0.15, 0.2) is 0 Å². The lowest BCUT2D eigenvalue weighted by molar-refractivity contribution is -0.121. The van der Waals surface area contributed by atoms with E-state index in [4.69, 9.17) is 0 Å². The predicted octanol–water partition coefficient (Wildman–Crippen LogP) is 4.03. The molecule has 1 unspecified atom stereocenters. The van der Waals surface area contributed by atoms with Crippen molar-refractivity contribution in [2.24, 2.45) is 0 Å². The van der Waals surface area contributed by atoms with Gasteiger partial charge in [0.15, 0.2) is 0 Å². The third-order valence-corrected chi connectivity index (χ3v) is 3.69. The normalized spacial score (nSPS) is 12.4. The van der Waals surface area contributed by atoms with Gasteiger partial charge in [0.2, 0.25) is 5.91 Å². The highest BCUT2D eigenvalue weighted by molar-refractivity contribution is 9.09. The van der Waals surface area contributed by atoms with Crippen molar-refractivity contribution in [1.82, 2.24) is 5.32 Å². The van der Waals surface area contributed by atoms with Gasteiger partial charge in [-0.25, -0.2) is 0 Å². The Labute approximate surface area is 109 Å². The molecule has 2 nitrogen and oxygen atoms in total. The van der Waals surface area contributed by atoms with Gasteiger partial charge >= 0.3 is 0 Å². The molecule has 1 amide bonds. The van der Waals surface area contributed by atoms with Crippen LogP contribution in [-0.2, 0) is 4.79 Å². The quantitative estimate of drug-likeness (QED) is 0.478. The number of hydrogen-bond donors (Lipinski definition) is 1. The zero-order valence-corrected chi connectivity index (χ0v) is 12.3. The summed E-state index contributed by atoms with van der Waals surface area (Å²) < 4.78 is 0. The Morgan fingerprint density at radius 1 is 1.12 bits per heavy atom. The van der Waals surface area contributed by atoms with Crippen molar-refractivity contribution in [3.05, 3.63) is 0 Å². The number of amides is 1. The third kappa shape index (κ3) is 10.5. The van der Waals surface area contributed by atoms with Gasteiger partial charge in [0.05, 0.1) is 0 Å². The highest BCUT2D eigenvalue weighted by Crippen LogP contribution is 2.07. The van der Waals surface area contributed by atoms with Crippen molar-refractivity contribution in [3.63, 3.8) is 0 Å². The van der Waals surface area contributed by atoms with E-state index in [-0.39, 0.29) is 5.91 Å². The standard InChI is InChI=1S/C13H26BrNO/c1-3-5-6-7-8-9-10-13(16)15-11-12(14)4-2/h12H,3-11H2,1-2H3,(H,15,16). The number of unbranched alkanes of at least 4 members (excludes halogenated alkanes) is 5. The van der Waals surface area contributed by atoms with E-state index in [2.05, 4.69) is 35.1 Å². The molecule has 0 aromatic carbocycles. The van der Waals surface area contributed by atoms with E-state index < -0.39 is 0 Å². The summed E-state index contributed by atoms with van der Waals surface area (Å²) in [5.74, 6) is 0.202. The number of halogens is 1. The molecule has 0 rings (SSSR count). The van der Waals surface area contributed by atoms with Gasteiger partial charge < -0.3 is 5.32 Å². The van der Waals surface area contributed by atoms with Gasteiger partial charge in [0, 0.05) is 17.8 Å². The molecule has 0 heterocycles. The van der Waals surface area contributed by atoms with Crippen molar-refractivity contribution < 1.29 is 4.79 Å². The lowest BCUT2D eigenvalue weighted by Gasteiger charge is -2.08. The first-order valence-electron chi connectivity index (χ1n) is 6.61. The predicted molar refractivity (Wildman–Crippen MR) is 74.0 cm³/mol. The van der Waals surface area contributed by atoms with E-state index in [1.165, 1.54) is 32.1 Å². The fourth-order valence-corrected chi connectivity index (χ4v) is 1.69. The SMILES string of the molecule is CCCCCCCCC(=O)NCC(Br)CC. The van der Waals surface area contributed by atoms with Crippen LogP contribution in [0.4, 0.5) is 0 Å². The molecule has 0 radical (unpaired) electrons. The van der Waals surface area contributed by atoms with Crippen LogP contribution >= 0.6 is 15.9 Å². The molecular weight excluding hydrogens is 266 g/mol. The maximum absolute atomic E-state index is 11.4. The first-order chi connectivity index (χ1) is 7.70. The van der Waals surface area contributed by atoms with Crippen LogP contribution in [-0.4, -0.2) is 17.3 Å². The van der Waals surface area contributed by atoms with E-state index in [1.807, 2.05) is 0 Å². The van der Waals surface area contributed by atoms with Crippen molar-refractivity contribution >= 4 is 21.8 Å². The van der Waals surface area contributed by atoms with Gasteiger partial charge in [0.1, 0.15) is 0 Å². The number of alkyl halides is 1. The molecule has 96 valence electrons. The Balaban J connectivity index is 3.24. The highest BCUT2D eigenvalue weighted by Gasteiger charge is 2.04. The second-order valence-electron chi connectivity index (χ2n) is 4.33. The second-order valence-corrected chi connectivity index (χ2v) is 5.62. The van der Waals surface area contributed by atoms with Crippen LogP contribution in [0.5, 0.6) is 0 Å². The fourth-order valence-electron chi connectivity index (χ4n) is 1.52. The summed E-state index contributed by atoms with van der Waals surface area (Å²) in [4.78, 5) is 11.8. The first kappa shape index (κ1) is 16.0. The lowest BCUT2D eigenvalue weighted by atomic mass is 10.1. The minimum absolute atomic E-state index is 0.202. The molecule has 0 bridgehead atoms. The summed E-state index contributed by atoms with van der Waals surface area (Å²) in [6, 6.07) is 0. The Morgan fingerprint density at radius 3 is 2.38 bits per heavy atom. The van der Waals surface area contributed by atoms with Crippen LogP contribution in [0.2, 0.25) is 0 Å². The largest absolute Gasteiger partial charge is 0.355 e. The zero-order valence-electron chi connectivity index (χ0n) is 10.7. The van der Waals surface area contributed by atoms with Crippen LogP contribution in [0.25, 0.3) is 0 Å². The summed E-state index contributed by atoms with van der Waals surface area (Å²) in [6.45, 7) is 5.09. The molecule has 0 aromatic rings. The number of hydrogen-bond acceptors (Lipinski definition) is 1. The van der Waals surface area contributed by atoms with E-state index >= 15 is 0 Å². The first-order valence-corrected chi connectivity index (χ1v) is 7.53. The Kier molecular flexibility index (Phi) is 11.4. The molecule has 16 heavy (non-hydrogen) atoms. The maximum Gasteiger partial charge on any atom is 0.220 e. The lowest BCUT2D eigenvalue weighted by Crippen LogP contribution is -2.28. The molecule has 0 fully saturated rings. The second kappa shape index (κ2) is 11.4.